The molecule has 2 heteroatoms. The van der Waals surface area contributed by atoms with Gasteiger partial charge in [-0.3, -0.25) is 4.98 Å². The minimum atomic E-state index is -0.234. The first-order chi connectivity index (χ1) is 10.1. The normalized spacial score (nSPS) is 10.6. The van der Waals surface area contributed by atoms with Gasteiger partial charge >= 0.3 is 0 Å². The number of halogens is 1. The van der Waals surface area contributed by atoms with Crippen molar-refractivity contribution < 1.29 is 4.39 Å². The first-order valence-electron chi connectivity index (χ1n) is 6.94. The highest BCUT2D eigenvalue weighted by Crippen LogP contribution is 2.32. The Balaban J connectivity index is 2.18. The van der Waals surface area contributed by atoms with Crippen molar-refractivity contribution in [3.63, 3.8) is 0 Å². The smallest absolute Gasteiger partial charge is 0.123 e. The lowest BCUT2D eigenvalue weighted by Crippen LogP contribution is -1.91. The molecule has 1 heterocycles. The number of hydrogen-bond donors (Lipinski definition) is 0. The number of aromatic nitrogens is 1. The molecular weight excluding hydrogens is 261 g/mol. The van der Waals surface area contributed by atoms with E-state index in [-0.39, 0.29) is 5.82 Å². The summed E-state index contributed by atoms with van der Waals surface area (Å²) < 4.78 is 13.1. The molecule has 0 aliphatic rings. The average Bonchev–Trinajstić information content (AvgIpc) is 2.48. The van der Waals surface area contributed by atoms with E-state index in [1.807, 2.05) is 6.07 Å². The van der Waals surface area contributed by atoms with Crippen molar-refractivity contribution in [3.05, 3.63) is 77.7 Å². The van der Waals surface area contributed by atoms with Crippen LogP contribution in [0.2, 0.25) is 0 Å². The topological polar surface area (TPSA) is 12.9 Å². The molecule has 104 valence electrons. The maximum Gasteiger partial charge on any atom is 0.123 e. The summed E-state index contributed by atoms with van der Waals surface area (Å²) in [4.78, 5) is 4.50. The van der Waals surface area contributed by atoms with Crippen LogP contribution in [0.5, 0.6) is 0 Å². The number of pyridine rings is 1. The Bertz CT molecular complexity index is 776. The molecule has 0 saturated heterocycles. The van der Waals surface area contributed by atoms with Gasteiger partial charge in [0.25, 0.3) is 0 Å². The fourth-order valence-corrected chi connectivity index (χ4v) is 2.58. The minimum Gasteiger partial charge on any atom is -0.256 e. The zero-order valence-electron chi connectivity index (χ0n) is 12.1. The number of benzene rings is 2. The highest BCUT2D eigenvalue weighted by Gasteiger charge is 2.10. The van der Waals surface area contributed by atoms with Crippen molar-refractivity contribution in [2.24, 2.45) is 0 Å². The quantitative estimate of drug-likeness (QED) is 0.629. The monoisotopic (exact) mass is 277 g/mol. The van der Waals surface area contributed by atoms with Gasteiger partial charge in [-0.05, 0) is 55.3 Å². The molecule has 0 saturated carbocycles. The maximum absolute atomic E-state index is 13.1. The van der Waals surface area contributed by atoms with Gasteiger partial charge in [-0.1, -0.05) is 29.8 Å². The third-order valence-electron chi connectivity index (χ3n) is 3.60. The van der Waals surface area contributed by atoms with Crippen LogP contribution >= 0.6 is 0 Å². The first-order valence-corrected chi connectivity index (χ1v) is 6.94. The number of hydrogen-bond acceptors (Lipinski definition) is 1. The largest absolute Gasteiger partial charge is 0.256 e. The third-order valence-corrected chi connectivity index (χ3v) is 3.60. The van der Waals surface area contributed by atoms with E-state index in [0.29, 0.717) is 0 Å². The summed E-state index contributed by atoms with van der Waals surface area (Å²) in [5, 5.41) is 0. The summed E-state index contributed by atoms with van der Waals surface area (Å²) in [6.45, 7) is 4.19. The molecule has 0 atom stereocenters. The van der Waals surface area contributed by atoms with E-state index in [1.165, 1.54) is 23.3 Å². The summed E-state index contributed by atoms with van der Waals surface area (Å²) in [7, 11) is 0. The molecule has 0 amide bonds. The SMILES string of the molecule is Cc1ccc(-c2cccnc2-c2ccc(F)cc2)c(C)c1. The number of aryl methyl sites for hydroxylation is 2. The summed E-state index contributed by atoms with van der Waals surface area (Å²) in [5.74, 6) is -0.234. The second-order valence-electron chi connectivity index (χ2n) is 5.22. The van der Waals surface area contributed by atoms with Crippen molar-refractivity contribution in [1.82, 2.24) is 4.98 Å². The zero-order valence-corrected chi connectivity index (χ0v) is 12.1. The average molecular weight is 277 g/mol. The van der Waals surface area contributed by atoms with Crippen molar-refractivity contribution in [3.8, 4) is 22.4 Å². The van der Waals surface area contributed by atoms with Gasteiger partial charge in [0.1, 0.15) is 5.82 Å². The molecule has 0 aliphatic carbocycles. The molecule has 0 fully saturated rings. The summed E-state index contributed by atoms with van der Waals surface area (Å²) in [6.07, 6.45) is 1.77. The van der Waals surface area contributed by atoms with Gasteiger partial charge in [0, 0.05) is 17.3 Å². The van der Waals surface area contributed by atoms with Gasteiger partial charge in [0.05, 0.1) is 5.69 Å². The highest BCUT2D eigenvalue weighted by atomic mass is 19.1. The van der Waals surface area contributed by atoms with Crippen LogP contribution in [-0.4, -0.2) is 4.98 Å². The summed E-state index contributed by atoms with van der Waals surface area (Å²) in [5.41, 5.74) is 6.49. The summed E-state index contributed by atoms with van der Waals surface area (Å²) >= 11 is 0. The predicted octanol–water partition coefficient (Wildman–Crippen LogP) is 5.17. The molecule has 0 radical (unpaired) electrons. The lowest BCUT2D eigenvalue weighted by molar-refractivity contribution is 0.628. The second-order valence-corrected chi connectivity index (χ2v) is 5.22. The van der Waals surface area contributed by atoms with Crippen LogP contribution in [0.15, 0.2) is 60.8 Å². The van der Waals surface area contributed by atoms with E-state index < -0.39 is 0 Å². The van der Waals surface area contributed by atoms with Crippen LogP contribution in [0, 0.1) is 19.7 Å². The fraction of sp³-hybridized carbons (Fsp3) is 0.105. The van der Waals surface area contributed by atoms with Gasteiger partial charge < -0.3 is 0 Å². The van der Waals surface area contributed by atoms with E-state index in [4.69, 9.17) is 0 Å². The van der Waals surface area contributed by atoms with Gasteiger partial charge in [0.2, 0.25) is 0 Å². The molecule has 21 heavy (non-hydrogen) atoms. The molecule has 0 bridgehead atoms. The molecule has 0 aliphatic heterocycles. The summed E-state index contributed by atoms with van der Waals surface area (Å²) in [6, 6.07) is 16.8. The van der Waals surface area contributed by atoms with Crippen molar-refractivity contribution in [2.45, 2.75) is 13.8 Å². The van der Waals surface area contributed by atoms with E-state index in [0.717, 1.165) is 22.4 Å². The third kappa shape index (κ3) is 2.70. The Kier molecular flexibility index (Phi) is 3.53. The van der Waals surface area contributed by atoms with Gasteiger partial charge in [-0.25, -0.2) is 4.39 Å². The number of nitrogens with zero attached hydrogens (tertiary/aromatic N) is 1. The molecule has 1 nitrogen and oxygen atoms in total. The van der Waals surface area contributed by atoms with Gasteiger partial charge in [-0.2, -0.15) is 0 Å². The van der Waals surface area contributed by atoms with Crippen LogP contribution in [0.4, 0.5) is 4.39 Å². The minimum absolute atomic E-state index is 0.234. The number of rotatable bonds is 2. The van der Waals surface area contributed by atoms with E-state index >= 15 is 0 Å². The Morgan fingerprint density at radius 1 is 0.857 bits per heavy atom. The van der Waals surface area contributed by atoms with Crippen LogP contribution in [0.1, 0.15) is 11.1 Å². The molecule has 0 unspecified atom stereocenters. The van der Waals surface area contributed by atoms with Gasteiger partial charge in [-0.15, -0.1) is 0 Å². The van der Waals surface area contributed by atoms with Crippen LogP contribution in [-0.2, 0) is 0 Å². The van der Waals surface area contributed by atoms with Crippen molar-refractivity contribution in [1.29, 1.82) is 0 Å². The fourth-order valence-electron chi connectivity index (χ4n) is 2.58. The Morgan fingerprint density at radius 2 is 1.62 bits per heavy atom. The Hall–Kier alpha value is -2.48. The molecule has 0 spiro atoms. The van der Waals surface area contributed by atoms with Crippen LogP contribution < -0.4 is 0 Å². The van der Waals surface area contributed by atoms with E-state index in [2.05, 4.69) is 43.1 Å². The molecule has 3 rings (SSSR count). The van der Waals surface area contributed by atoms with E-state index in [9.17, 15) is 4.39 Å². The molecule has 1 aromatic heterocycles. The van der Waals surface area contributed by atoms with Crippen molar-refractivity contribution in [2.75, 3.05) is 0 Å². The van der Waals surface area contributed by atoms with E-state index in [1.54, 1.807) is 18.3 Å². The Labute approximate surface area is 124 Å². The molecular formula is C19H16FN. The lowest BCUT2D eigenvalue weighted by Gasteiger charge is -2.12. The second kappa shape index (κ2) is 5.49. The predicted molar refractivity (Wildman–Crippen MR) is 84.5 cm³/mol. The first kappa shape index (κ1) is 13.5. The lowest BCUT2D eigenvalue weighted by atomic mass is 9.95. The zero-order chi connectivity index (χ0) is 14.8. The van der Waals surface area contributed by atoms with Crippen LogP contribution in [0.25, 0.3) is 22.4 Å². The maximum atomic E-state index is 13.1. The van der Waals surface area contributed by atoms with Crippen molar-refractivity contribution >= 4 is 0 Å². The molecule has 2 aromatic carbocycles. The van der Waals surface area contributed by atoms with Gasteiger partial charge in [0.15, 0.2) is 0 Å². The molecule has 0 N–H and O–H groups in total. The van der Waals surface area contributed by atoms with Crippen LogP contribution in [0.3, 0.4) is 0 Å². The highest BCUT2D eigenvalue weighted by molar-refractivity contribution is 5.82. The molecule has 3 aromatic rings. The Morgan fingerprint density at radius 3 is 2.33 bits per heavy atom. The standard InChI is InChI=1S/C19H16FN/c1-13-5-10-17(14(2)12-13)18-4-3-11-21-19(18)15-6-8-16(20)9-7-15/h3-12H,1-2H3.